The van der Waals surface area contributed by atoms with Gasteiger partial charge in [-0.05, 0) is 36.8 Å². The normalized spacial score (nSPS) is 18.2. The van der Waals surface area contributed by atoms with Gasteiger partial charge in [0, 0.05) is 14.4 Å². The number of ether oxygens (including phenoxy) is 1. The van der Waals surface area contributed by atoms with Crippen LogP contribution >= 0.6 is 0 Å². The molecule has 1 amide bonds. The van der Waals surface area contributed by atoms with E-state index in [0.717, 1.165) is 12.1 Å². The molecule has 0 saturated heterocycles. The monoisotopic (exact) mass is 395 g/mol. The standard InChI is InChI=1S/C14H12F3NO5S2/c1-8(19)13(20)18-12-7-6-11(24(12)25(21)22)9-2-4-10(5-3-9)23-14(15,16)17/h2-8,19H,1H3,(H,18,20). The Morgan fingerprint density at radius 3 is 2.32 bits per heavy atom. The summed E-state index contributed by atoms with van der Waals surface area (Å²) in [5.74, 6) is -1.20. The maximum absolute atomic E-state index is 12.2. The van der Waals surface area contributed by atoms with Gasteiger partial charge in [0.15, 0.2) is 0 Å². The molecule has 2 N–H and O–H groups in total. The van der Waals surface area contributed by atoms with Crippen molar-refractivity contribution in [3.63, 3.8) is 0 Å². The Kier molecular flexibility index (Phi) is 5.70. The second-order valence-electron chi connectivity index (χ2n) is 4.77. The number of carbonyl (C=O) groups is 1. The summed E-state index contributed by atoms with van der Waals surface area (Å²) in [4.78, 5) is 11.8. The fraction of sp³-hybridized carbons (Fsp3) is 0.214. The van der Waals surface area contributed by atoms with Gasteiger partial charge in [0.1, 0.15) is 11.9 Å². The smallest absolute Gasteiger partial charge is 0.406 e. The largest absolute Gasteiger partial charge is 0.573 e. The number of halogens is 3. The molecule has 0 fully saturated rings. The average Bonchev–Trinajstić information content (AvgIpc) is 2.90. The minimum absolute atomic E-state index is 0.0739. The molecule has 2 rings (SSSR count). The Balaban J connectivity index is 2.26. The van der Waals surface area contributed by atoms with Crippen LogP contribution in [0.3, 0.4) is 0 Å². The van der Waals surface area contributed by atoms with Crippen molar-refractivity contribution in [2.45, 2.75) is 19.4 Å². The molecule has 2 unspecified atom stereocenters. The molecule has 25 heavy (non-hydrogen) atoms. The van der Waals surface area contributed by atoms with Gasteiger partial charge in [0.2, 0.25) is 0 Å². The first kappa shape index (κ1) is 19.2. The lowest BCUT2D eigenvalue weighted by molar-refractivity contribution is -0.274. The highest BCUT2D eigenvalue weighted by molar-refractivity contribution is 8.40. The van der Waals surface area contributed by atoms with Crippen LogP contribution in [0.25, 0.3) is 4.91 Å². The highest BCUT2D eigenvalue weighted by Crippen LogP contribution is 2.31. The molecule has 1 aliphatic heterocycles. The topological polar surface area (TPSA) is 92.7 Å². The SMILES string of the molecule is CC(O)C(=O)NC1=CC=C(c2ccc(OC(F)(F)F)cc2)S1=S(=O)=O. The third-order valence-corrected chi connectivity index (χ3v) is 6.49. The van der Waals surface area contributed by atoms with Gasteiger partial charge in [-0.15, -0.1) is 13.2 Å². The van der Waals surface area contributed by atoms with Crippen molar-refractivity contribution < 1.29 is 36.2 Å². The molecule has 0 spiro atoms. The van der Waals surface area contributed by atoms with Crippen LogP contribution < -0.4 is 10.1 Å². The lowest BCUT2D eigenvalue weighted by Crippen LogP contribution is -2.32. The third-order valence-electron chi connectivity index (χ3n) is 2.92. The molecular weight excluding hydrogens is 383 g/mol. The maximum Gasteiger partial charge on any atom is 0.573 e. The van der Waals surface area contributed by atoms with Crippen LogP contribution in [0.5, 0.6) is 5.75 Å². The quantitative estimate of drug-likeness (QED) is 0.810. The number of benzene rings is 1. The van der Waals surface area contributed by atoms with Crippen molar-refractivity contribution in [3.05, 3.63) is 47.0 Å². The second-order valence-corrected chi connectivity index (χ2v) is 8.41. The minimum Gasteiger partial charge on any atom is -0.406 e. The van der Waals surface area contributed by atoms with Crippen molar-refractivity contribution in [1.82, 2.24) is 5.32 Å². The molecule has 0 radical (unpaired) electrons. The number of aliphatic hydroxyl groups is 1. The van der Waals surface area contributed by atoms with Crippen molar-refractivity contribution >= 4 is 29.5 Å². The highest BCUT2D eigenvalue weighted by atomic mass is 32.9. The van der Waals surface area contributed by atoms with E-state index in [1.807, 2.05) is 0 Å². The number of alkyl halides is 3. The lowest BCUT2D eigenvalue weighted by Gasteiger charge is -2.12. The molecule has 1 aliphatic rings. The number of carbonyl (C=O) groups excluding carboxylic acids is 1. The molecule has 0 aromatic heterocycles. The first-order valence-electron chi connectivity index (χ1n) is 6.69. The Morgan fingerprint density at radius 2 is 1.84 bits per heavy atom. The van der Waals surface area contributed by atoms with Crippen LogP contribution in [0.2, 0.25) is 0 Å². The summed E-state index contributed by atoms with van der Waals surface area (Å²) < 4.78 is 63.3. The number of aliphatic hydroxyl groups excluding tert-OH is 1. The summed E-state index contributed by atoms with van der Waals surface area (Å²) in [6.45, 7) is 1.23. The molecule has 0 aliphatic carbocycles. The summed E-state index contributed by atoms with van der Waals surface area (Å²) >= 11 is 0. The summed E-state index contributed by atoms with van der Waals surface area (Å²) in [6, 6.07) is 4.69. The minimum atomic E-state index is -4.82. The third kappa shape index (κ3) is 4.94. The number of nitrogens with one attached hydrogen (secondary N) is 1. The number of hydrogen-bond acceptors (Lipinski definition) is 5. The van der Waals surface area contributed by atoms with Gasteiger partial charge < -0.3 is 15.2 Å². The van der Waals surface area contributed by atoms with E-state index in [1.54, 1.807) is 0 Å². The Bertz CT molecular complexity index is 876. The summed E-state index contributed by atoms with van der Waals surface area (Å²) in [5.41, 5.74) is 0.361. The van der Waals surface area contributed by atoms with Gasteiger partial charge in [-0.2, -0.15) is 8.42 Å². The van der Waals surface area contributed by atoms with Crippen LogP contribution in [0.15, 0.2) is 41.4 Å². The lowest BCUT2D eigenvalue weighted by atomic mass is 10.2. The molecule has 11 heteroatoms. The zero-order valence-corrected chi connectivity index (χ0v) is 14.2. The van der Waals surface area contributed by atoms with Crippen LogP contribution in [-0.4, -0.2) is 31.9 Å². The molecule has 1 heterocycles. The Morgan fingerprint density at radius 1 is 1.24 bits per heavy atom. The first-order chi connectivity index (χ1) is 11.6. The zero-order chi connectivity index (χ0) is 18.8. The van der Waals surface area contributed by atoms with Gasteiger partial charge in [-0.3, -0.25) is 4.79 Å². The second kappa shape index (κ2) is 7.42. The molecular formula is C14H12F3NO5S2. The summed E-state index contributed by atoms with van der Waals surface area (Å²) in [5, 5.41) is 11.6. The van der Waals surface area contributed by atoms with E-state index in [1.165, 1.54) is 31.2 Å². The first-order valence-corrected chi connectivity index (χ1v) is 9.51. The summed E-state index contributed by atoms with van der Waals surface area (Å²) in [6.07, 6.45) is -3.34. The van der Waals surface area contributed by atoms with Crippen LogP contribution in [-0.2, 0) is 23.5 Å². The number of amides is 1. The fourth-order valence-corrected chi connectivity index (χ4v) is 4.96. The highest BCUT2D eigenvalue weighted by Gasteiger charge is 2.31. The Labute approximate surface area is 143 Å². The number of hydrogen-bond donors (Lipinski definition) is 2. The van der Waals surface area contributed by atoms with E-state index in [-0.39, 0.29) is 5.03 Å². The molecule has 0 saturated carbocycles. The van der Waals surface area contributed by atoms with Crippen LogP contribution in [0, 0.1) is 0 Å². The van der Waals surface area contributed by atoms with E-state index in [4.69, 9.17) is 0 Å². The van der Waals surface area contributed by atoms with E-state index in [0.29, 0.717) is 10.5 Å². The van der Waals surface area contributed by atoms with Crippen LogP contribution in [0.4, 0.5) is 13.2 Å². The van der Waals surface area contributed by atoms with Crippen LogP contribution in [0.1, 0.15) is 12.5 Å². The van der Waals surface area contributed by atoms with Gasteiger partial charge in [-0.25, -0.2) is 0 Å². The average molecular weight is 395 g/mol. The Hall–Kier alpha value is -2.11. The van der Waals surface area contributed by atoms with Crippen molar-refractivity contribution in [2.24, 2.45) is 0 Å². The molecule has 1 aromatic rings. The van der Waals surface area contributed by atoms with Crippen molar-refractivity contribution in [3.8, 4) is 5.75 Å². The fourth-order valence-electron chi connectivity index (χ4n) is 1.88. The predicted molar refractivity (Wildman–Crippen MR) is 85.3 cm³/mol. The number of rotatable bonds is 4. The van der Waals surface area contributed by atoms with Gasteiger partial charge in [-0.1, -0.05) is 12.1 Å². The molecule has 6 nitrogen and oxygen atoms in total. The molecule has 2 atom stereocenters. The summed E-state index contributed by atoms with van der Waals surface area (Å²) in [7, 11) is -4.15. The van der Waals surface area contributed by atoms with Gasteiger partial charge >= 0.3 is 6.36 Å². The van der Waals surface area contributed by atoms with Crippen molar-refractivity contribution in [2.75, 3.05) is 0 Å². The van der Waals surface area contributed by atoms with E-state index >= 15 is 0 Å². The zero-order valence-electron chi connectivity index (χ0n) is 12.6. The molecule has 1 aromatic carbocycles. The van der Waals surface area contributed by atoms with E-state index in [9.17, 15) is 31.5 Å². The van der Waals surface area contributed by atoms with E-state index in [2.05, 4.69) is 10.1 Å². The maximum atomic E-state index is 12.2. The van der Waals surface area contributed by atoms with Crippen molar-refractivity contribution in [1.29, 1.82) is 0 Å². The molecule has 136 valence electrons. The number of allylic oxidation sites excluding steroid dienone is 2. The van der Waals surface area contributed by atoms with Gasteiger partial charge in [0.25, 0.3) is 15.2 Å². The van der Waals surface area contributed by atoms with Gasteiger partial charge in [0.05, 0.1) is 5.03 Å². The predicted octanol–water partition coefficient (Wildman–Crippen LogP) is 1.69. The molecule has 0 bridgehead atoms. The van der Waals surface area contributed by atoms with E-state index < -0.39 is 42.8 Å².